The molecular formula is C16H24ClNO2. The zero-order valence-corrected chi connectivity index (χ0v) is 13.1. The van der Waals surface area contributed by atoms with E-state index in [4.69, 9.17) is 26.8 Å². The SMILES string of the molecule is CCOCc1cc(Cl)c(OCC2CC2)c(CC(C)N)c1. The zero-order valence-electron chi connectivity index (χ0n) is 12.3. The van der Waals surface area contributed by atoms with Crippen molar-refractivity contribution in [3.05, 3.63) is 28.3 Å². The first-order valence-electron chi connectivity index (χ1n) is 7.37. The van der Waals surface area contributed by atoms with Crippen LogP contribution in [0.4, 0.5) is 0 Å². The number of benzene rings is 1. The Morgan fingerprint density at radius 1 is 1.40 bits per heavy atom. The Hall–Kier alpha value is -0.770. The van der Waals surface area contributed by atoms with E-state index in [1.54, 1.807) is 0 Å². The fourth-order valence-electron chi connectivity index (χ4n) is 2.16. The Morgan fingerprint density at radius 2 is 2.15 bits per heavy atom. The van der Waals surface area contributed by atoms with Gasteiger partial charge in [0.15, 0.2) is 0 Å². The lowest BCUT2D eigenvalue weighted by Crippen LogP contribution is -2.19. The molecule has 0 spiro atoms. The average molecular weight is 298 g/mol. The molecule has 4 heteroatoms. The molecule has 0 radical (unpaired) electrons. The number of ether oxygens (including phenoxy) is 2. The van der Waals surface area contributed by atoms with E-state index in [1.807, 2.05) is 19.9 Å². The summed E-state index contributed by atoms with van der Waals surface area (Å²) in [6.07, 6.45) is 3.30. The van der Waals surface area contributed by atoms with Crippen LogP contribution in [0.25, 0.3) is 0 Å². The van der Waals surface area contributed by atoms with Gasteiger partial charge in [0.1, 0.15) is 5.75 Å². The summed E-state index contributed by atoms with van der Waals surface area (Å²) in [7, 11) is 0. The van der Waals surface area contributed by atoms with Crippen LogP contribution < -0.4 is 10.5 Å². The van der Waals surface area contributed by atoms with E-state index in [2.05, 4.69) is 6.07 Å². The molecule has 0 bridgehead atoms. The van der Waals surface area contributed by atoms with Crippen LogP contribution in [0.5, 0.6) is 5.75 Å². The van der Waals surface area contributed by atoms with Gasteiger partial charge in [-0.3, -0.25) is 0 Å². The van der Waals surface area contributed by atoms with Crippen molar-refractivity contribution in [1.29, 1.82) is 0 Å². The van der Waals surface area contributed by atoms with E-state index in [-0.39, 0.29) is 6.04 Å². The summed E-state index contributed by atoms with van der Waals surface area (Å²) in [5.74, 6) is 1.51. The normalized spacial score (nSPS) is 16.2. The minimum absolute atomic E-state index is 0.0803. The smallest absolute Gasteiger partial charge is 0.141 e. The first-order chi connectivity index (χ1) is 9.60. The molecule has 1 aromatic rings. The maximum Gasteiger partial charge on any atom is 0.141 e. The lowest BCUT2D eigenvalue weighted by Gasteiger charge is -2.16. The molecule has 3 nitrogen and oxygen atoms in total. The van der Waals surface area contributed by atoms with Crippen molar-refractivity contribution in [3.8, 4) is 5.75 Å². The van der Waals surface area contributed by atoms with Crippen molar-refractivity contribution in [1.82, 2.24) is 0 Å². The first kappa shape index (κ1) is 15.6. The van der Waals surface area contributed by atoms with Gasteiger partial charge in [0.2, 0.25) is 0 Å². The highest BCUT2D eigenvalue weighted by Gasteiger charge is 2.23. The second kappa shape index (κ2) is 7.30. The van der Waals surface area contributed by atoms with Crippen LogP contribution in [-0.4, -0.2) is 19.3 Å². The molecule has 0 saturated heterocycles. The largest absolute Gasteiger partial charge is 0.491 e. The predicted molar refractivity (Wildman–Crippen MR) is 82.4 cm³/mol. The van der Waals surface area contributed by atoms with Crippen molar-refractivity contribution in [2.75, 3.05) is 13.2 Å². The van der Waals surface area contributed by atoms with Crippen LogP contribution in [-0.2, 0) is 17.8 Å². The van der Waals surface area contributed by atoms with Crippen molar-refractivity contribution in [2.24, 2.45) is 11.7 Å². The lowest BCUT2D eigenvalue weighted by atomic mass is 10.0. The fraction of sp³-hybridized carbons (Fsp3) is 0.625. The van der Waals surface area contributed by atoms with Gasteiger partial charge in [0.25, 0.3) is 0 Å². The van der Waals surface area contributed by atoms with Crippen molar-refractivity contribution >= 4 is 11.6 Å². The van der Waals surface area contributed by atoms with Gasteiger partial charge in [-0.05, 0) is 62.3 Å². The minimum atomic E-state index is 0.0803. The third-order valence-electron chi connectivity index (χ3n) is 3.36. The molecule has 1 fully saturated rings. The molecule has 1 aliphatic carbocycles. The predicted octanol–water partition coefficient (Wildman–Crippen LogP) is 3.56. The summed E-state index contributed by atoms with van der Waals surface area (Å²) in [5.41, 5.74) is 8.09. The molecule has 2 rings (SSSR count). The Morgan fingerprint density at radius 3 is 2.75 bits per heavy atom. The molecule has 1 atom stereocenters. The van der Waals surface area contributed by atoms with Gasteiger partial charge in [0, 0.05) is 12.6 Å². The van der Waals surface area contributed by atoms with Gasteiger partial charge in [0.05, 0.1) is 18.2 Å². The molecule has 0 aliphatic heterocycles. The Bertz CT molecular complexity index is 444. The Balaban J connectivity index is 2.16. The molecule has 1 aliphatic rings. The van der Waals surface area contributed by atoms with Crippen LogP contribution in [0.15, 0.2) is 12.1 Å². The summed E-state index contributed by atoms with van der Waals surface area (Å²) < 4.78 is 11.4. The van der Waals surface area contributed by atoms with Crippen LogP contribution in [0.1, 0.15) is 37.8 Å². The number of hydrogen-bond donors (Lipinski definition) is 1. The summed E-state index contributed by atoms with van der Waals surface area (Å²) in [4.78, 5) is 0. The van der Waals surface area contributed by atoms with Crippen LogP contribution >= 0.6 is 11.6 Å². The van der Waals surface area contributed by atoms with E-state index in [0.29, 0.717) is 24.2 Å². The number of halogens is 1. The van der Waals surface area contributed by atoms with Crippen molar-refractivity contribution in [2.45, 2.75) is 45.8 Å². The molecule has 20 heavy (non-hydrogen) atoms. The second-order valence-electron chi connectivity index (χ2n) is 5.64. The van der Waals surface area contributed by atoms with Gasteiger partial charge in [-0.1, -0.05) is 11.6 Å². The maximum atomic E-state index is 6.38. The molecule has 1 aromatic carbocycles. The van der Waals surface area contributed by atoms with Crippen LogP contribution in [0, 0.1) is 5.92 Å². The number of nitrogens with two attached hydrogens (primary N) is 1. The molecule has 112 valence electrons. The molecule has 0 aromatic heterocycles. The highest BCUT2D eigenvalue weighted by molar-refractivity contribution is 6.32. The molecule has 1 saturated carbocycles. The van der Waals surface area contributed by atoms with Gasteiger partial charge >= 0.3 is 0 Å². The minimum Gasteiger partial charge on any atom is -0.491 e. The summed E-state index contributed by atoms with van der Waals surface area (Å²) in [5, 5.41) is 0.665. The van der Waals surface area contributed by atoms with Crippen LogP contribution in [0.2, 0.25) is 5.02 Å². The molecule has 1 unspecified atom stereocenters. The van der Waals surface area contributed by atoms with Gasteiger partial charge in [-0.25, -0.2) is 0 Å². The third-order valence-corrected chi connectivity index (χ3v) is 3.64. The maximum absolute atomic E-state index is 6.38. The van der Waals surface area contributed by atoms with E-state index < -0.39 is 0 Å². The zero-order chi connectivity index (χ0) is 14.5. The van der Waals surface area contributed by atoms with E-state index in [9.17, 15) is 0 Å². The van der Waals surface area contributed by atoms with Gasteiger partial charge < -0.3 is 15.2 Å². The molecule has 0 heterocycles. The number of hydrogen-bond acceptors (Lipinski definition) is 3. The first-order valence-corrected chi connectivity index (χ1v) is 7.75. The average Bonchev–Trinajstić information content (AvgIpc) is 3.18. The standard InChI is InChI=1S/C16H24ClNO2/c1-3-19-9-13-7-14(6-11(2)18)16(15(17)8-13)20-10-12-4-5-12/h7-8,11-12H,3-6,9-10,18H2,1-2H3. The second-order valence-corrected chi connectivity index (χ2v) is 6.05. The highest BCUT2D eigenvalue weighted by atomic mass is 35.5. The highest BCUT2D eigenvalue weighted by Crippen LogP contribution is 2.35. The molecular weight excluding hydrogens is 274 g/mol. The molecule has 0 amide bonds. The van der Waals surface area contributed by atoms with Gasteiger partial charge in [-0.15, -0.1) is 0 Å². The van der Waals surface area contributed by atoms with Crippen LogP contribution in [0.3, 0.4) is 0 Å². The topological polar surface area (TPSA) is 44.5 Å². The van der Waals surface area contributed by atoms with Crippen molar-refractivity contribution in [3.63, 3.8) is 0 Å². The Kier molecular flexibility index (Phi) is 5.70. The lowest BCUT2D eigenvalue weighted by molar-refractivity contribution is 0.134. The third kappa shape index (κ3) is 4.65. The summed E-state index contributed by atoms with van der Waals surface area (Å²) in [6, 6.07) is 4.12. The summed E-state index contributed by atoms with van der Waals surface area (Å²) >= 11 is 6.38. The fourth-order valence-corrected chi connectivity index (χ4v) is 2.48. The van der Waals surface area contributed by atoms with E-state index in [1.165, 1.54) is 12.8 Å². The van der Waals surface area contributed by atoms with Gasteiger partial charge in [-0.2, -0.15) is 0 Å². The monoisotopic (exact) mass is 297 g/mol. The molecule has 2 N–H and O–H groups in total. The van der Waals surface area contributed by atoms with E-state index in [0.717, 1.165) is 29.9 Å². The van der Waals surface area contributed by atoms with Crippen molar-refractivity contribution < 1.29 is 9.47 Å². The quantitative estimate of drug-likeness (QED) is 0.798. The number of rotatable bonds is 8. The van der Waals surface area contributed by atoms with E-state index >= 15 is 0 Å². The Labute approximate surface area is 126 Å². The summed E-state index contributed by atoms with van der Waals surface area (Å²) in [6.45, 7) is 6.01.